The molecule has 1 aromatic rings. The molecule has 1 rings (SSSR count). The van der Waals surface area contributed by atoms with E-state index >= 15 is 0 Å². The molecule has 0 heterocycles. The zero-order valence-electron chi connectivity index (χ0n) is 10.4. The van der Waals surface area contributed by atoms with Gasteiger partial charge < -0.3 is 15.3 Å². The highest BCUT2D eigenvalue weighted by atomic mass is 16.4. The number of carboxylic acid groups (broad SMARTS) is 2. The van der Waals surface area contributed by atoms with E-state index in [2.05, 4.69) is 0 Å². The quantitative estimate of drug-likeness (QED) is 0.755. The summed E-state index contributed by atoms with van der Waals surface area (Å²) in [7, 11) is 0. The molecule has 0 aliphatic carbocycles. The van der Waals surface area contributed by atoms with Gasteiger partial charge in [-0.3, -0.25) is 4.79 Å². The summed E-state index contributed by atoms with van der Waals surface area (Å²) in [5.74, 6) is -2.14. The third kappa shape index (κ3) is 7.40. The molecule has 0 saturated carbocycles. The highest BCUT2D eigenvalue weighted by molar-refractivity contribution is 5.72. The monoisotopic (exact) mass is 254 g/mol. The second-order valence-corrected chi connectivity index (χ2v) is 4.08. The number of hydrogen-bond acceptors (Lipinski definition) is 3. The van der Waals surface area contributed by atoms with Gasteiger partial charge in [0.15, 0.2) is 6.10 Å². The third-order valence-electron chi connectivity index (χ3n) is 2.08. The van der Waals surface area contributed by atoms with Gasteiger partial charge in [0.1, 0.15) is 0 Å². The van der Waals surface area contributed by atoms with Crippen molar-refractivity contribution in [2.45, 2.75) is 26.4 Å². The molecule has 18 heavy (non-hydrogen) atoms. The summed E-state index contributed by atoms with van der Waals surface area (Å²) >= 11 is 0. The molecular formula is C13H18O5. The third-order valence-corrected chi connectivity index (χ3v) is 2.08. The molecule has 0 aliphatic heterocycles. The molecule has 5 heteroatoms. The van der Waals surface area contributed by atoms with Gasteiger partial charge in [-0.2, -0.15) is 0 Å². The Morgan fingerprint density at radius 1 is 1.11 bits per heavy atom. The van der Waals surface area contributed by atoms with Crippen molar-refractivity contribution in [3.8, 4) is 0 Å². The predicted molar refractivity (Wildman–Crippen MR) is 66.3 cm³/mol. The first kappa shape index (κ1) is 16.1. The number of carbonyl (C=O) groups is 2. The van der Waals surface area contributed by atoms with Crippen molar-refractivity contribution in [3.63, 3.8) is 0 Å². The fourth-order valence-electron chi connectivity index (χ4n) is 1.06. The number of rotatable bonds is 4. The minimum Gasteiger partial charge on any atom is -0.481 e. The number of carboxylic acids is 2. The van der Waals surface area contributed by atoms with Gasteiger partial charge in [-0.1, -0.05) is 44.2 Å². The zero-order chi connectivity index (χ0) is 14.1. The zero-order valence-corrected chi connectivity index (χ0v) is 10.4. The maximum Gasteiger partial charge on any atom is 0.332 e. The largest absolute Gasteiger partial charge is 0.481 e. The Morgan fingerprint density at radius 3 is 1.89 bits per heavy atom. The van der Waals surface area contributed by atoms with Crippen LogP contribution in [0.2, 0.25) is 0 Å². The first-order valence-electron chi connectivity index (χ1n) is 5.51. The van der Waals surface area contributed by atoms with Crippen molar-refractivity contribution < 1.29 is 24.9 Å². The van der Waals surface area contributed by atoms with Crippen molar-refractivity contribution in [1.82, 2.24) is 0 Å². The summed E-state index contributed by atoms with van der Waals surface area (Å²) in [6.45, 7) is 3.30. The number of aliphatic hydroxyl groups is 1. The lowest BCUT2D eigenvalue weighted by atomic mass is 10.1. The minimum absolute atomic E-state index is 0.112. The van der Waals surface area contributed by atoms with Gasteiger partial charge in [0.2, 0.25) is 0 Å². The van der Waals surface area contributed by atoms with E-state index in [1.807, 2.05) is 18.2 Å². The molecule has 5 nitrogen and oxygen atoms in total. The van der Waals surface area contributed by atoms with E-state index in [0.29, 0.717) is 0 Å². The summed E-state index contributed by atoms with van der Waals surface area (Å²) < 4.78 is 0. The maximum absolute atomic E-state index is 10.2. The maximum atomic E-state index is 10.2. The molecule has 0 spiro atoms. The Hall–Kier alpha value is -1.88. The van der Waals surface area contributed by atoms with Crippen molar-refractivity contribution >= 4 is 11.9 Å². The molecule has 0 bridgehead atoms. The van der Waals surface area contributed by atoms with Gasteiger partial charge >= 0.3 is 11.9 Å². The normalized spacial score (nSPS) is 11.3. The first-order chi connectivity index (χ1) is 8.34. The first-order valence-corrected chi connectivity index (χ1v) is 5.51. The van der Waals surface area contributed by atoms with Gasteiger partial charge in [-0.05, 0) is 11.5 Å². The molecule has 0 radical (unpaired) electrons. The lowest BCUT2D eigenvalue weighted by Gasteiger charge is -2.06. The molecule has 3 N–H and O–H groups in total. The van der Waals surface area contributed by atoms with Crippen LogP contribution in [0.5, 0.6) is 0 Å². The second kappa shape index (κ2) is 8.25. The Kier molecular flexibility index (Phi) is 7.38. The Bertz CT molecular complexity index is 372. The van der Waals surface area contributed by atoms with Crippen LogP contribution in [0.4, 0.5) is 0 Å². The topological polar surface area (TPSA) is 94.8 Å². The summed E-state index contributed by atoms with van der Waals surface area (Å²) in [5.41, 5.74) is 0.843. The molecule has 1 atom stereocenters. The molecule has 0 aromatic heterocycles. The van der Waals surface area contributed by atoms with Crippen LogP contribution in [-0.2, 0) is 16.0 Å². The average molecular weight is 254 g/mol. The van der Waals surface area contributed by atoms with Crippen molar-refractivity contribution in [2.24, 2.45) is 5.92 Å². The van der Waals surface area contributed by atoms with Gasteiger partial charge in [0, 0.05) is 0 Å². The van der Waals surface area contributed by atoms with E-state index in [-0.39, 0.29) is 12.3 Å². The molecule has 1 aromatic carbocycles. The number of hydrogen-bond donors (Lipinski definition) is 3. The summed E-state index contributed by atoms with van der Waals surface area (Å²) in [4.78, 5) is 20.1. The molecular weight excluding hydrogens is 236 g/mol. The van der Waals surface area contributed by atoms with Crippen LogP contribution in [0.3, 0.4) is 0 Å². The molecule has 0 fully saturated rings. The second-order valence-electron chi connectivity index (χ2n) is 4.08. The van der Waals surface area contributed by atoms with E-state index in [9.17, 15) is 9.59 Å². The van der Waals surface area contributed by atoms with Crippen LogP contribution in [0.15, 0.2) is 30.3 Å². The van der Waals surface area contributed by atoms with Crippen LogP contribution in [0, 0.1) is 5.92 Å². The number of benzene rings is 1. The summed E-state index contributed by atoms with van der Waals surface area (Å²) in [6.07, 6.45) is -1.10. The van der Waals surface area contributed by atoms with Crippen molar-refractivity contribution in [1.29, 1.82) is 0 Å². The van der Waals surface area contributed by atoms with E-state index in [4.69, 9.17) is 15.3 Å². The Labute approximate surface area is 106 Å². The predicted octanol–water partition coefficient (Wildman–Crippen LogP) is 1.40. The molecule has 1 unspecified atom stereocenters. The highest BCUT2D eigenvalue weighted by Crippen LogP contribution is 1.99. The highest BCUT2D eigenvalue weighted by Gasteiger charge is 2.16. The standard InChI is InChI=1S/C8H8O2.C5H10O3/c9-8(10)6-7-4-2-1-3-5-7;1-3(2)4(6)5(7)8/h1-5H,6H2,(H,9,10);3-4,6H,1-2H3,(H,7,8). The van der Waals surface area contributed by atoms with Crippen molar-refractivity contribution in [2.75, 3.05) is 0 Å². The van der Waals surface area contributed by atoms with Gasteiger partial charge in [-0.15, -0.1) is 0 Å². The van der Waals surface area contributed by atoms with Gasteiger partial charge in [-0.25, -0.2) is 4.79 Å². The Morgan fingerprint density at radius 2 is 1.61 bits per heavy atom. The molecule has 100 valence electrons. The summed E-state index contributed by atoms with van der Waals surface area (Å²) in [6, 6.07) is 9.13. The van der Waals surface area contributed by atoms with Gasteiger partial charge in [0.25, 0.3) is 0 Å². The molecule has 0 saturated heterocycles. The number of aliphatic carboxylic acids is 2. The van der Waals surface area contributed by atoms with Crippen molar-refractivity contribution in [3.05, 3.63) is 35.9 Å². The van der Waals surface area contributed by atoms with Crippen LogP contribution in [0.1, 0.15) is 19.4 Å². The SMILES string of the molecule is CC(C)C(O)C(=O)O.O=C(O)Cc1ccccc1. The van der Waals surface area contributed by atoms with E-state index in [1.165, 1.54) is 0 Å². The van der Waals surface area contributed by atoms with Crippen LogP contribution in [0.25, 0.3) is 0 Å². The van der Waals surface area contributed by atoms with E-state index in [1.54, 1.807) is 26.0 Å². The van der Waals surface area contributed by atoms with E-state index < -0.39 is 18.0 Å². The summed E-state index contributed by atoms with van der Waals surface area (Å²) in [5, 5.41) is 25.1. The smallest absolute Gasteiger partial charge is 0.332 e. The minimum atomic E-state index is -1.21. The average Bonchev–Trinajstić information content (AvgIpc) is 2.29. The fraction of sp³-hybridized carbons (Fsp3) is 0.385. The van der Waals surface area contributed by atoms with Crippen LogP contribution >= 0.6 is 0 Å². The van der Waals surface area contributed by atoms with Crippen LogP contribution < -0.4 is 0 Å². The van der Waals surface area contributed by atoms with Crippen LogP contribution in [-0.4, -0.2) is 33.4 Å². The number of aliphatic hydroxyl groups excluding tert-OH is 1. The lowest BCUT2D eigenvalue weighted by molar-refractivity contribution is -0.148. The Balaban J connectivity index is 0.000000331. The van der Waals surface area contributed by atoms with Gasteiger partial charge in [0.05, 0.1) is 6.42 Å². The fourth-order valence-corrected chi connectivity index (χ4v) is 1.06. The van der Waals surface area contributed by atoms with E-state index in [0.717, 1.165) is 5.56 Å². The molecule has 0 amide bonds. The molecule has 0 aliphatic rings. The lowest BCUT2D eigenvalue weighted by Crippen LogP contribution is -2.25.